The lowest BCUT2D eigenvalue weighted by Gasteiger charge is -2.08. The molecule has 0 radical (unpaired) electrons. The molecule has 1 atom stereocenters. The van der Waals surface area contributed by atoms with Crippen LogP contribution in [-0.4, -0.2) is 16.6 Å². The second kappa shape index (κ2) is 7.10. The van der Waals surface area contributed by atoms with Gasteiger partial charge in [-0.1, -0.05) is 18.2 Å². The van der Waals surface area contributed by atoms with E-state index < -0.39 is 10.8 Å². The Bertz CT molecular complexity index is 584. The number of hydrogen-bond donors (Lipinski definition) is 1. The molecule has 0 aliphatic carbocycles. The Morgan fingerprint density at radius 1 is 1.15 bits per heavy atom. The minimum atomic E-state index is -0.997. The normalized spacial score (nSPS) is 12.1. The fourth-order valence-corrected chi connectivity index (χ4v) is 3.17. The summed E-state index contributed by atoms with van der Waals surface area (Å²) in [5, 5.41) is 0. The summed E-state index contributed by atoms with van der Waals surface area (Å²) in [7, 11) is -0.997. The molecule has 0 fully saturated rings. The van der Waals surface area contributed by atoms with Crippen LogP contribution in [-0.2, 0) is 10.8 Å². The molecule has 0 aliphatic rings. The molecule has 2 N–H and O–H groups in total. The largest absolute Gasteiger partial charge is 0.494 e. The molecule has 4 heteroatoms. The summed E-state index contributed by atoms with van der Waals surface area (Å²) in [6.45, 7) is 2.51. The number of anilines is 1. The van der Waals surface area contributed by atoms with Gasteiger partial charge in [0.05, 0.1) is 17.4 Å². The van der Waals surface area contributed by atoms with Crippen LogP contribution >= 0.6 is 0 Å². The first-order chi connectivity index (χ1) is 9.66. The van der Waals surface area contributed by atoms with Crippen LogP contribution in [0.25, 0.3) is 0 Å². The van der Waals surface area contributed by atoms with Gasteiger partial charge in [0.1, 0.15) is 5.75 Å². The van der Waals surface area contributed by atoms with Crippen LogP contribution in [0.3, 0.4) is 0 Å². The van der Waals surface area contributed by atoms with Crippen LogP contribution in [0.15, 0.2) is 53.4 Å². The van der Waals surface area contributed by atoms with Gasteiger partial charge in [-0.25, -0.2) is 0 Å². The Hall–Kier alpha value is -1.81. The highest BCUT2D eigenvalue weighted by Gasteiger charge is 2.07. The summed E-state index contributed by atoms with van der Waals surface area (Å²) in [5.74, 6) is 1.44. The molecule has 1 unspecified atom stereocenters. The van der Waals surface area contributed by atoms with Crippen molar-refractivity contribution in [3.8, 4) is 5.75 Å². The van der Waals surface area contributed by atoms with Gasteiger partial charge in [0.2, 0.25) is 0 Å². The Balaban J connectivity index is 1.80. The molecule has 2 rings (SSSR count). The predicted octanol–water partition coefficient (Wildman–Crippen LogP) is 3.15. The molecule has 106 valence electrons. The number of nitrogens with two attached hydrogens (primary N) is 1. The highest BCUT2D eigenvalue weighted by Crippen LogP contribution is 2.17. The van der Waals surface area contributed by atoms with Crippen molar-refractivity contribution >= 4 is 16.5 Å². The topological polar surface area (TPSA) is 52.3 Å². The molecule has 0 aromatic heterocycles. The van der Waals surface area contributed by atoms with Gasteiger partial charge in [-0.05, 0) is 49.2 Å². The average molecular weight is 289 g/mol. The van der Waals surface area contributed by atoms with E-state index in [1.54, 1.807) is 6.07 Å². The lowest BCUT2D eigenvalue weighted by atomic mass is 10.2. The van der Waals surface area contributed by atoms with Crippen molar-refractivity contribution in [2.24, 2.45) is 0 Å². The van der Waals surface area contributed by atoms with Gasteiger partial charge < -0.3 is 10.5 Å². The molecule has 20 heavy (non-hydrogen) atoms. The molecule has 0 bridgehead atoms. The van der Waals surface area contributed by atoms with Crippen LogP contribution in [0, 0.1) is 6.92 Å². The van der Waals surface area contributed by atoms with E-state index in [0.717, 1.165) is 22.6 Å². The first-order valence-electron chi connectivity index (χ1n) is 6.59. The second-order valence-corrected chi connectivity index (χ2v) is 6.13. The van der Waals surface area contributed by atoms with Crippen LogP contribution in [0.5, 0.6) is 5.75 Å². The summed E-state index contributed by atoms with van der Waals surface area (Å²) in [4.78, 5) is 0.860. The Morgan fingerprint density at radius 2 is 1.90 bits per heavy atom. The van der Waals surface area contributed by atoms with Gasteiger partial charge in [-0.3, -0.25) is 4.21 Å². The molecule has 0 saturated heterocycles. The quantitative estimate of drug-likeness (QED) is 0.656. The summed E-state index contributed by atoms with van der Waals surface area (Å²) < 4.78 is 17.8. The zero-order valence-electron chi connectivity index (χ0n) is 11.5. The zero-order valence-corrected chi connectivity index (χ0v) is 12.4. The number of hydrogen-bond acceptors (Lipinski definition) is 3. The molecule has 0 amide bonds. The van der Waals surface area contributed by atoms with Gasteiger partial charge in [-0.2, -0.15) is 0 Å². The number of para-hydroxylation sites is 1. The molecule has 0 saturated carbocycles. The molecule has 2 aromatic carbocycles. The van der Waals surface area contributed by atoms with E-state index in [4.69, 9.17) is 10.5 Å². The second-order valence-electron chi connectivity index (χ2n) is 4.59. The Kier molecular flexibility index (Phi) is 5.18. The van der Waals surface area contributed by atoms with E-state index in [1.165, 1.54) is 0 Å². The van der Waals surface area contributed by atoms with Crippen molar-refractivity contribution in [2.75, 3.05) is 18.1 Å². The highest BCUT2D eigenvalue weighted by atomic mass is 32.2. The van der Waals surface area contributed by atoms with Gasteiger partial charge in [-0.15, -0.1) is 0 Å². The zero-order chi connectivity index (χ0) is 14.4. The van der Waals surface area contributed by atoms with Gasteiger partial charge in [0.25, 0.3) is 0 Å². The monoisotopic (exact) mass is 289 g/mol. The predicted molar refractivity (Wildman–Crippen MR) is 83.4 cm³/mol. The van der Waals surface area contributed by atoms with Crippen LogP contribution in [0.2, 0.25) is 0 Å². The van der Waals surface area contributed by atoms with E-state index >= 15 is 0 Å². The average Bonchev–Trinajstić information content (AvgIpc) is 2.44. The summed E-state index contributed by atoms with van der Waals surface area (Å²) >= 11 is 0. The van der Waals surface area contributed by atoms with Crippen LogP contribution in [0.4, 0.5) is 5.69 Å². The van der Waals surface area contributed by atoms with Crippen molar-refractivity contribution < 1.29 is 8.95 Å². The van der Waals surface area contributed by atoms with Gasteiger partial charge in [0.15, 0.2) is 0 Å². The van der Waals surface area contributed by atoms with E-state index in [0.29, 0.717) is 18.0 Å². The minimum absolute atomic E-state index is 0.573. The van der Waals surface area contributed by atoms with E-state index in [1.807, 2.05) is 49.4 Å². The van der Waals surface area contributed by atoms with Crippen molar-refractivity contribution in [1.29, 1.82) is 0 Å². The maximum absolute atomic E-state index is 12.2. The number of aryl methyl sites for hydroxylation is 1. The van der Waals surface area contributed by atoms with Gasteiger partial charge >= 0.3 is 0 Å². The number of benzene rings is 2. The van der Waals surface area contributed by atoms with Crippen molar-refractivity contribution in [2.45, 2.75) is 18.2 Å². The first kappa shape index (κ1) is 14.6. The Labute approximate surface area is 122 Å². The van der Waals surface area contributed by atoms with E-state index in [-0.39, 0.29) is 0 Å². The number of rotatable bonds is 6. The number of nitrogen functional groups attached to an aromatic ring is 1. The number of ether oxygens (including phenoxy) is 1. The lowest BCUT2D eigenvalue weighted by Crippen LogP contribution is -2.06. The SMILES string of the molecule is Cc1cc(N)ccc1S(=O)CCCOc1ccccc1. The molecular formula is C16H19NO2S. The van der Waals surface area contributed by atoms with Crippen LogP contribution < -0.4 is 10.5 Å². The van der Waals surface area contributed by atoms with Crippen molar-refractivity contribution in [3.05, 3.63) is 54.1 Å². The van der Waals surface area contributed by atoms with E-state index in [2.05, 4.69) is 0 Å². The molecule has 0 spiro atoms. The van der Waals surface area contributed by atoms with E-state index in [9.17, 15) is 4.21 Å². The standard InChI is InChI=1S/C16H19NO2S/c1-13-12-14(17)8-9-16(13)20(18)11-5-10-19-15-6-3-2-4-7-15/h2-4,6-9,12H,5,10-11,17H2,1H3. The fraction of sp³-hybridized carbons (Fsp3) is 0.250. The summed E-state index contributed by atoms with van der Waals surface area (Å²) in [6.07, 6.45) is 0.755. The maximum atomic E-state index is 12.2. The highest BCUT2D eigenvalue weighted by molar-refractivity contribution is 7.85. The summed E-state index contributed by atoms with van der Waals surface area (Å²) in [5.41, 5.74) is 7.38. The smallest absolute Gasteiger partial charge is 0.119 e. The summed E-state index contributed by atoms with van der Waals surface area (Å²) in [6, 6.07) is 15.2. The molecular weight excluding hydrogens is 270 g/mol. The maximum Gasteiger partial charge on any atom is 0.119 e. The fourth-order valence-electron chi connectivity index (χ4n) is 1.93. The lowest BCUT2D eigenvalue weighted by molar-refractivity contribution is 0.318. The molecule has 0 heterocycles. The third-order valence-corrected chi connectivity index (χ3v) is 4.54. The van der Waals surface area contributed by atoms with Crippen molar-refractivity contribution in [1.82, 2.24) is 0 Å². The van der Waals surface area contributed by atoms with Crippen molar-refractivity contribution in [3.63, 3.8) is 0 Å². The molecule has 3 nitrogen and oxygen atoms in total. The van der Waals surface area contributed by atoms with Crippen LogP contribution in [0.1, 0.15) is 12.0 Å². The first-order valence-corrected chi connectivity index (χ1v) is 7.91. The van der Waals surface area contributed by atoms with Gasteiger partial charge in [0, 0.05) is 16.3 Å². The minimum Gasteiger partial charge on any atom is -0.494 e. The third-order valence-electron chi connectivity index (χ3n) is 2.93. The third kappa shape index (κ3) is 4.10. The molecule has 2 aromatic rings. The Morgan fingerprint density at radius 3 is 2.60 bits per heavy atom. The molecule has 0 aliphatic heterocycles.